The number of likely N-dealkylation sites (tertiary alicyclic amines) is 1. The molecule has 1 amide bonds. The van der Waals surface area contributed by atoms with Gasteiger partial charge in [-0.3, -0.25) is 9.79 Å². The summed E-state index contributed by atoms with van der Waals surface area (Å²) in [6.45, 7) is 3.30. The minimum absolute atomic E-state index is 0.0579. The minimum atomic E-state index is -4.54. The van der Waals surface area contributed by atoms with Crippen LogP contribution in [-0.2, 0) is 27.5 Å². The molecule has 2 aromatic carbocycles. The molecular weight excluding hydrogens is 610 g/mol. The molecule has 2 bridgehead atoms. The van der Waals surface area contributed by atoms with Gasteiger partial charge >= 0.3 is 6.18 Å². The Morgan fingerprint density at radius 3 is 2.11 bits per heavy atom. The predicted octanol–water partition coefficient (Wildman–Crippen LogP) is 5.36. The number of hydrogen-bond donors (Lipinski definition) is 1. The molecule has 1 saturated heterocycles. The Morgan fingerprint density at radius 2 is 1.57 bits per heavy atom. The van der Waals surface area contributed by atoms with Crippen molar-refractivity contribution in [2.24, 2.45) is 10.4 Å². The number of carbonyl (C=O) groups is 1. The first-order valence-electron chi connectivity index (χ1n) is 14.3. The molecule has 1 N–H and O–H groups in total. The number of rotatable bonds is 7. The Hall–Kier alpha value is -3.13. The molecule has 7 nitrogen and oxygen atoms in total. The molecule has 7 rings (SSSR count). The van der Waals surface area contributed by atoms with Gasteiger partial charge in [0.05, 0.1) is 16.0 Å². The molecule has 238 valence electrons. The molecule has 14 heteroatoms. The van der Waals surface area contributed by atoms with Crippen LogP contribution in [0.5, 0.6) is 0 Å². The van der Waals surface area contributed by atoms with Gasteiger partial charge in [0.15, 0.2) is 6.04 Å². The van der Waals surface area contributed by atoms with Crippen molar-refractivity contribution in [1.29, 1.82) is 0 Å². The first kappa shape index (κ1) is 30.9. The Morgan fingerprint density at radius 1 is 1.00 bits per heavy atom. The summed E-state index contributed by atoms with van der Waals surface area (Å²) < 4.78 is 109. The van der Waals surface area contributed by atoms with Gasteiger partial charge in [-0.25, -0.2) is 21.6 Å². The van der Waals surface area contributed by atoms with Crippen molar-refractivity contribution in [3.05, 3.63) is 65.5 Å². The van der Waals surface area contributed by atoms with Crippen molar-refractivity contribution in [3.8, 4) is 0 Å². The second-order valence-electron chi connectivity index (χ2n) is 13.1. The van der Waals surface area contributed by atoms with E-state index in [0.29, 0.717) is 30.7 Å². The number of amidine groups is 1. The highest BCUT2D eigenvalue weighted by Gasteiger charge is 2.75. The Labute approximate surface area is 251 Å². The largest absolute Gasteiger partial charge is 0.416 e. The van der Waals surface area contributed by atoms with E-state index in [-0.39, 0.29) is 30.4 Å². The van der Waals surface area contributed by atoms with Crippen LogP contribution in [0.3, 0.4) is 0 Å². The van der Waals surface area contributed by atoms with Crippen molar-refractivity contribution in [3.63, 3.8) is 0 Å². The Bertz CT molecular complexity index is 1580. The van der Waals surface area contributed by atoms with Crippen LogP contribution in [-0.4, -0.2) is 65.5 Å². The lowest BCUT2D eigenvalue weighted by molar-refractivity contribution is -0.151. The number of carbonyl (C=O) groups excluding carboxylic acids is 1. The van der Waals surface area contributed by atoms with Gasteiger partial charge in [0.25, 0.3) is 5.92 Å². The molecule has 1 unspecified atom stereocenters. The summed E-state index contributed by atoms with van der Waals surface area (Å²) in [4.78, 5) is 19.4. The van der Waals surface area contributed by atoms with Gasteiger partial charge in [-0.2, -0.15) is 17.5 Å². The number of sulfonamides is 1. The zero-order chi connectivity index (χ0) is 31.9. The number of amides is 1. The van der Waals surface area contributed by atoms with Gasteiger partial charge in [0, 0.05) is 43.4 Å². The van der Waals surface area contributed by atoms with E-state index in [1.165, 1.54) is 21.3 Å². The van der Waals surface area contributed by atoms with E-state index in [2.05, 4.69) is 5.32 Å². The Balaban J connectivity index is 1.24. The highest BCUT2D eigenvalue weighted by atomic mass is 32.2. The van der Waals surface area contributed by atoms with Crippen molar-refractivity contribution < 1.29 is 39.6 Å². The summed E-state index contributed by atoms with van der Waals surface area (Å²) in [5, 5.41) is 3.34. The third-order valence-corrected chi connectivity index (χ3v) is 11.4. The number of nitrogens with one attached hydrogen (secondary N) is 1. The highest BCUT2D eigenvalue weighted by molar-refractivity contribution is 7.89. The van der Waals surface area contributed by atoms with Gasteiger partial charge in [0.2, 0.25) is 15.9 Å². The molecule has 1 atom stereocenters. The maximum atomic E-state index is 13.9. The molecule has 0 spiro atoms. The lowest BCUT2D eigenvalue weighted by atomic mass is 9.38. The van der Waals surface area contributed by atoms with Crippen LogP contribution in [0.15, 0.2) is 58.4 Å². The van der Waals surface area contributed by atoms with Gasteiger partial charge in [-0.15, -0.1) is 0 Å². The highest BCUT2D eigenvalue weighted by Crippen LogP contribution is 2.71. The SMILES string of the molecule is CC1(C)NC(C23CC(N(Cc4ccc(C(F)(F)F)cc4)S(=O)(=O)c4ccc(F)cc4)(C2)C3)=NC1C(=O)N1CCC(F)(F)CC1. The smallest absolute Gasteiger partial charge is 0.366 e. The summed E-state index contributed by atoms with van der Waals surface area (Å²) in [7, 11) is -4.19. The maximum Gasteiger partial charge on any atom is 0.416 e. The molecule has 44 heavy (non-hydrogen) atoms. The molecule has 2 aliphatic heterocycles. The van der Waals surface area contributed by atoms with Crippen molar-refractivity contribution >= 4 is 21.8 Å². The van der Waals surface area contributed by atoms with E-state index in [4.69, 9.17) is 4.99 Å². The number of piperidine rings is 1. The fourth-order valence-corrected chi connectivity index (χ4v) is 8.77. The minimum Gasteiger partial charge on any atom is -0.366 e. The normalized spacial score (nSPS) is 29.0. The van der Waals surface area contributed by atoms with E-state index in [0.717, 1.165) is 36.4 Å². The number of benzene rings is 2. The summed E-state index contributed by atoms with van der Waals surface area (Å²) in [5.74, 6) is -3.18. The fraction of sp³-hybridized carbons (Fsp3) is 0.533. The van der Waals surface area contributed by atoms with Gasteiger partial charge in [0.1, 0.15) is 11.7 Å². The zero-order valence-electron chi connectivity index (χ0n) is 24.1. The van der Waals surface area contributed by atoms with Gasteiger partial charge in [-0.05, 0) is 75.1 Å². The van der Waals surface area contributed by atoms with Crippen LogP contribution >= 0.6 is 0 Å². The number of hydrogen-bond acceptors (Lipinski definition) is 5. The number of nitrogens with zero attached hydrogens (tertiary/aromatic N) is 3. The molecule has 3 aliphatic carbocycles. The number of alkyl halides is 5. The molecule has 0 radical (unpaired) electrons. The van der Waals surface area contributed by atoms with Gasteiger partial charge < -0.3 is 10.2 Å². The predicted molar refractivity (Wildman–Crippen MR) is 149 cm³/mol. The molecule has 0 aromatic heterocycles. The first-order valence-corrected chi connectivity index (χ1v) is 15.8. The third kappa shape index (κ3) is 5.17. The van der Waals surface area contributed by atoms with E-state index < -0.39 is 68.9 Å². The molecule has 2 heterocycles. The monoisotopic (exact) mass is 642 g/mol. The van der Waals surface area contributed by atoms with Crippen molar-refractivity contribution in [2.75, 3.05) is 13.1 Å². The lowest BCUT2D eigenvalue weighted by Crippen LogP contribution is -2.78. The van der Waals surface area contributed by atoms with E-state index in [1.807, 2.05) is 13.8 Å². The topological polar surface area (TPSA) is 82.1 Å². The molecule has 4 fully saturated rings. The van der Waals surface area contributed by atoms with Crippen LogP contribution in [0.4, 0.5) is 26.3 Å². The maximum absolute atomic E-state index is 13.9. The van der Waals surface area contributed by atoms with Crippen LogP contribution in [0.1, 0.15) is 57.1 Å². The van der Waals surface area contributed by atoms with Crippen molar-refractivity contribution in [2.45, 2.75) is 86.6 Å². The van der Waals surface area contributed by atoms with Crippen LogP contribution < -0.4 is 5.32 Å². The second-order valence-corrected chi connectivity index (χ2v) is 15.0. The number of aliphatic imine (C=N–C) groups is 1. The van der Waals surface area contributed by atoms with Crippen molar-refractivity contribution in [1.82, 2.24) is 14.5 Å². The average molecular weight is 643 g/mol. The Kier molecular flexibility index (Phi) is 6.97. The fourth-order valence-electron chi connectivity index (χ4n) is 7.01. The van der Waals surface area contributed by atoms with E-state index in [9.17, 15) is 39.6 Å². The van der Waals surface area contributed by atoms with Crippen LogP contribution in [0.2, 0.25) is 0 Å². The molecular formula is C30H32F6N4O3S. The average Bonchev–Trinajstić information content (AvgIpc) is 3.21. The quantitative estimate of drug-likeness (QED) is 0.413. The van der Waals surface area contributed by atoms with Gasteiger partial charge in [-0.1, -0.05) is 12.1 Å². The third-order valence-electron chi connectivity index (χ3n) is 9.47. The zero-order valence-corrected chi connectivity index (χ0v) is 24.9. The molecule has 3 saturated carbocycles. The standard InChI is InChI=1S/C30H32F6N4O3S/c1-26(2)23(24(41)39-13-11-29(32,33)12-14-39)37-25(38-26)27-16-28(17-27,18-27)40(44(42,43)22-9-7-21(31)8-10-22)15-19-3-5-20(6-4-19)30(34,35)36/h3-10,23H,11-18H2,1-2H3,(H,37,38). The summed E-state index contributed by atoms with van der Waals surface area (Å²) in [6, 6.07) is 7.85. The van der Waals surface area contributed by atoms with Crippen LogP contribution in [0, 0.1) is 11.2 Å². The molecule has 2 aromatic rings. The summed E-state index contributed by atoms with van der Waals surface area (Å²) >= 11 is 0. The second kappa shape index (κ2) is 9.93. The summed E-state index contributed by atoms with van der Waals surface area (Å²) in [6.07, 6.45) is -4.27. The number of halogens is 6. The lowest BCUT2D eigenvalue weighted by Gasteiger charge is -2.73. The van der Waals surface area contributed by atoms with Crippen LogP contribution in [0.25, 0.3) is 0 Å². The first-order chi connectivity index (χ1) is 20.4. The van der Waals surface area contributed by atoms with E-state index in [1.54, 1.807) is 0 Å². The van der Waals surface area contributed by atoms with E-state index >= 15 is 0 Å². The molecule has 5 aliphatic rings. The summed E-state index contributed by atoms with van der Waals surface area (Å²) in [5.41, 5.74) is -2.68.